The normalized spacial score (nSPS) is 10.7. The first-order valence-electron chi connectivity index (χ1n) is 7.14. The Kier molecular flexibility index (Phi) is 5.56. The van der Waals surface area contributed by atoms with Gasteiger partial charge in [0.05, 0.1) is 5.56 Å². The van der Waals surface area contributed by atoms with Crippen molar-refractivity contribution in [1.29, 1.82) is 0 Å². The van der Waals surface area contributed by atoms with Crippen molar-refractivity contribution in [3.05, 3.63) is 40.6 Å². The standard InChI is InChI=1S/C16H20BrN3O/c1-4-8-18-15-14(11(2)3)16(20-10-19-15)21-13-7-5-6-12(17)9-13/h5-7,9-11H,4,8H2,1-3H3,(H,18,19,20). The van der Waals surface area contributed by atoms with Crippen molar-refractivity contribution in [2.24, 2.45) is 0 Å². The number of aromatic nitrogens is 2. The lowest BCUT2D eigenvalue weighted by Gasteiger charge is -2.16. The molecule has 0 bridgehead atoms. The van der Waals surface area contributed by atoms with Crippen LogP contribution < -0.4 is 10.1 Å². The van der Waals surface area contributed by atoms with Gasteiger partial charge in [-0.3, -0.25) is 0 Å². The molecule has 0 saturated carbocycles. The third-order valence-electron chi connectivity index (χ3n) is 2.98. The lowest BCUT2D eigenvalue weighted by Crippen LogP contribution is -2.08. The van der Waals surface area contributed by atoms with Gasteiger partial charge in [-0.25, -0.2) is 9.97 Å². The number of nitrogens with zero attached hydrogens (tertiary/aromatic N) is 2. The Balaban J connectivity index is 2.33. The molecular weight excluding hydrogens is 330 g/mol. The van der Waals surface area contributed by atoms with Gasteiger partial charge in [-0.15, -0.1) is 0 Å². The smallest absolute Gasteiger partial charge is 0.227 e. The first kappa shape index (κ1) is 15.8. The number of anilines is 1. The molecule has 5 heteroatoms. The van der Waals surface area contributed by atoms with E-state index < -0.39 is 0 Å². The highest BCUT2D eigenvalue weighted by atomic mass is 79.9. The number of hydrogen-bond acceptors (Lipinski definition) is 4. The van der Waals surface area contributed by atoms with Gasteiger partial charge in [0.1, 0.15) is 17.9 Å². The summed E-state index contributed by atoms with van der Waals surface area (Å²) in [7, 11) is 0. The Morgan fingerprint density at radius 3 is 2.76 bits per heavy atom. The van der Waals surface area contributed by atoms with Crippen molar-refractivity contribution in [3.8, 4) is 11.6 Å². The maximum atomic E-state index is 5.95. The largest absolute Gasteiger partial charge is 0.438 e. The van der Waals surface area contributed by atoms with Gasteiger partial charge < -0.3 is 10.1 Å². The van der Waals surface area contributed by atoms with Crippen LogP contribution in [0.25, 0.3) is 0 Å². The topological polar surface area (TPSA) is 47.0 Å². The molecular formula is C16H20BrN3O. The van der Waals surface area contributed by atoms with E-state index in [-0.39, 0.29) is 5.92 Å². The molecule has 0 aliphatic rings. The molecule has 2 aromatic rings. The predicted octanol–water partition coefficient (Wildman–Crippen LogP) is 4.98. The molecule has 1 N–H and O–H groups in total. The van der Waals surface area contributed by atoms with Gasteiger partial charge in [-0.05, 0) is 30.5 Å². The van der Waals surface area contributed by atoms with E-state index >= 15 is 0 Å². The van der Waals surface area contributed by atoms with E-state index in [1.54, 1.807) is 0 Å². The SMILES string of the molecule is CCCNc1ncnc(Oc2cccc(Br)c2)c1C(C)C. The van der Waals surface area contributed by atoms with Gasteiger partial charge in [0, 0.05) is 11.0 Å². The molecule has 0 aliphatic heterocycles. The zero-order valence-electron chi connectivity index (χ0n) is 12.6. The molecule has 1 heterocycles. The number of halogens is 1. The molecule has 0 saturated heterocycles. The summed E-state index contributed by atoms with van der Waals surface area (Å²) < 4.78 is 6.93. The van der Waals surface area contributed by atoms with Crippen molar-refractivity contribution in [3.63, 3.8) is 0 Å². The lowest BCUT2D eigenvalue weighted by atomic mass is 10.1. The maximum absolute atomic E-state index is 5.95. The first-order chi connectivity index (χ1) is 10.1. The summed E-state index contributed by atoms with van der Waals surface area (Å²) in [6, 6.07) is 7.73. The van der Waals surface area contributed by atoms with E-state index in [9.17, 15) is 0 Å². The van der Waals surface area contributed by atoms with Gasteiger partial charge in [0.25, 0.3) is 0 Å². The highest BCUT2D eigenvalue weighted by molar-refractivity contribution is 9.10. The average Bonchev–Trinajstić information content (AvgIpc) is 2.45. The van der Waals surface area contributed by atoms with Crippen LogP contribution in [-0.2, 0) is 0 Å². The lowest BCUT2D eigenvalue weighted by molar-refractivity contribution is 0.451. The molecule has 1 aromatic carbocycles. The molecule has 0 fully saturated rings. The fourth-order valence-electron chi connectivity index (χ4n) is 2.01. The van der Waals surface area contributed by atoms with E-state index in [1.165, 1.54) is 6.33 Å². The molecule has 112 valence electrons. The van der Waals surface area contributed by atoms with Crippen molar-refractivity contribution in [1.82, 2.24) is 9.97 Å². The van der Waals surface area contributed by atoms with Gasteiger partial charge in [0.15, 0.2) is 0 Å². The summed E-state index contributed by atoms with van der Waals surface area (Å²) in [5, 5.41) is 3.34. The van der Waals surface area contributed by atoms with Crippen molar-refractivity contribution < 1.29 is 4.74 Å². The fourth-order valence-corrected chi connectivity index (χ4v) is 2.39. The van der Waals surface area contributed by atoms with Gasteiger partial charge in [0.2, 0.25) is 5.88 Å². The van der Waals surface area contributed by atoms with Crippen molar-refractivity contribution in [2.45, 2.75) is 33.1 Å². The maximum Gasteiger partial charge on any atom is 0.227 e. The predicted molar refractivity (Wildman–Crippen MR) is 89.1 cm³/mol. The quantitative estimate of drug-likeness (QED) is 0.798. The molecule has 2 rings (SSSR count). The molecule has 0 spiro atoms. The number of rotatable bonds is 6. The summed E-state index contributed by atoms with van der Waals surface area (Å²) in [4.78, 5) is 8.65. The highest BCUT2D eigenvalue weighted by Gasteiger charge is 2.16. The zero-order chi connectivity index (χ0) is 15.2. The minimum atomic E-state index is 0.271. The van der Waals surface area contributed by atoms with Crippen LogP contribution in [0.2, 0.25) is 0 Å². The van der Waals surface area contributed by atoms with E-state index in [2.05, 4.69) is 52.0 Å². The Morgan fingerprint density at radius 2 is 2.10 bits per heavy atom. The Bertz CT molecular complexity index is 602. The van der Waals surface area contributed by atoms with Crippen LogP contribution in [0.15, 0.2) is 35.1 Å². The fraction of sp³-hybridized carbons (Fsp3) is 0.375. The second-order valence-corrected chi connectivity index (χ2v) is 6.00. The molecule has 21 heavy (non-hydrogen) atoms. The molecule has 0 aliphatic carbocycles. The molecule has 1 aromatic heterocycles. The van der Waals surface area contributed by atoms with Crippen LogP contribution in [0.4, 0.5) is 5.82 Å². The van der Waals surface area contributed by atoms with E-state index in [1.807, 2.05) is 24.3 Å². The molecule has 4 nitrogen and oxygen atoms in total. The Labute approximate surface area is 134 Å². The summed E-state index contributed by atoms with van der Waals surface area (Å²) in [5.41, 5.74) is 1.01. The highest BCUT2D eigenvalue weighted by Crippen LogP contribution is 2.33. The van der Waals surface area contributed by atoms with Crippen LogP contribution in [0.1, 0.15) is 38.7 Å². The van der Waals surface area contributed by atoms with E-state index in [0.717, 1.165) is 34.6 Å². The van der Waals surface area contributed by atoms with E-state index in [4.69, 9.17) is 4.74 Å². The van der Waals surface area contributed by atoms with Crippen LogP contribution in [0.3, 0.4) is 0 Å². The van der Waals surface area contributed by atoms with Gasteiger partial charge in [-0.1, -0.05) is 42.8 Å². The van der Waals surface area contributed by atoms with Crippen LogP contribution >= 0.6 is 15.9 Å². The minimum Gasteiger partial charge on any atom is -0.438 e. The summed E-state index contributed by atoms with van der Waals surface area (Å²) in [5.74, 6) is 2.49. The second-order valence-electron chi connectivity index (χ2n) is 5.08. The number of hydrogen-bond donors (Lipinski definition) is 1. The molecule has 0 unspecified atom stereocenters. The summed E-state index contributed by atoms with van der Waals surface area (Å²) >= 11 is 3.45. The Hall–Kier alpha value is -1.62. The number of nitrogens with one attached hydrogen (secondary N) is 1. The zero-order valence-corrected chi connectivity index (χ0v) is 14.1. The van der Waals surface area contributed by atoms with Crippen LogP contribution in [0, 0.1) is 0 Å². The van der Waals surface area contributed by atoms with Crippen LogP contribution in [-0.4, -0.2) is 16.5 Å². The summed E-state index contributed by atoms with van der Waals surface area (Å²) in [6.45, 7) is 7.24. The van der Waals surface area contributed by atoms with E-state index in [0.29, 0.717) is 5.88 Å². The second kappa shape index (κ2) is 7.41. The molecule has 0 radical (unpaired) electrons. The number of ether oxygens (including phenoxy) is 1. The monoisotopic (exact) mass is 349 g/mol. The summed E-state index contributed by atoms with van der Waals surface area (Å²) in [6.07, 6.45) is 2.58. The third kappa shape index (κ3) is 4.17. The van der Waals surface area contributed by atoms with Gasteiger partial charge in [-0.2, -0.15) is 0 Å². The molecule has 0 amide bonds. The third-order valence-corrected chi connectivity index (χ3v) is 3.47. The minimum absolute atomic E-state index is 0.271. The number of benzene rings is 1. The van der Waals surface area contributed by atoms with Gasteiger partial charge >= 0.3 is 0 Å². The van der Waals surface area contributed by atoms with Crippen molar-refractivity contribution >= 4 is 21.7 Å². The molecule has 0 atom stereocenters. The van der Waals surface area contributed by atoms with Crippen molar-refractivity contribution in [2.75, 3.05) is 11.9 Å². The Morgan fingerprint density at radius 1 is 1.29 bits per heavy atom. The van der Waals surface area contributed by atoms with Crippen LogP contribution in [0.5, 0.6) is 11.6 Å². The first-order valence-corrected chi connectivity index (χ1v) is 7.93. The average molecular weight is 350 g/mol.